The third-order valence-corrected chi connectivity index (χ3v) is 2.72. The molecule has 2 fully saturated rings. The minimum Gasteiger partial charge on any atom is -0.0528 e. The molecule has 0 nitrogen and oxygen atoms in total. The molecule has 43 valence electrons. The van der Waals surface area contributed by atoms with Gasteiger partial charge in [0.25, 0.3) is 0 Å². The van der Waals surface area contributed by atoms with E-state index in [-0.39, 0.29) is 32.7 Å². The molecule has 2 saturated carbocycles. The van der Waals surface area contributed by atoms with Crippen LogP contribution in [0.1, 0.15) is 32.1 Å². The molecule has 1 radical (unpaired) electrons. The Morgan fingerprint density at radius 1 is 0.750 bits per heavy atom. The van der Waals surface area contributed by atoms with Crippen LogP contribution in [-0.2, 0) is 32.7 Å². The minimum absolute atomic E-state index is 0. The molecule has 2 unspecified atom stereocenters. The Balaban J connectivity index is 0.000000320. The van der Waals surface area contributed by atoms with Crippen LogP contribution in [0.15, 0.2) is 0 Å². The van der Waals surface area contributed by atoms with Crippen molar-refractivity contribution in [2.24, 2.45) is 11.8 Å². The van der Waals surface area contributed by atoms with Crippen molar-refractivity contribution in [1.82, 2.24) is 0 Å². The van der Waals surface area contributed by atoms with Gasteiger partial charge in [-0.05, 0) is 24.7 Å². The molecule has 0 bridgehead atoms. The van der Waals surface area contributed by atoms with Gasteiger partial charge in [0.05, 0.1) is 0 Å². The van der Waals surface area contributed by atoms with Crippen molar-refractivity contribution in [3.8, 4) is 0 Å². The molecule has 0 heterocycles. The molecule has 0 aromatic rings. The van der Waals surface area contributed by atoms with Crippen molar-refractivity contribution in [2.45, 2.75) is 32.1 Å². The van der Waals surface area contributed by atoms with E-state index < -0.39 is 0 Å². The summed E-state index contributed by atoms with van der Waals surface area (Å²) in [5, 5.41) is 0. The first-order valence-corrected chi connectivity index (χ1v) is 3.47. The SMILES string of the molecule is C1CC2CCC2C1.[Y]. The summed E-state index contributed by atoms with van der Waals surface area (Å²) in [5.74, 6) is 2.39. The van der Waals surface area contributed by atoms with Gasteiger partial charge in [0, 0.05) is 32.7 Å². The van der Waals surface area contributed by atoms with Crippen LogP contribution in [0.3, 0.4) is 0 Å². The fourth-order valence-electron chi connectivity index (χ4n) is 2.04. The van der Waals surface area contributed by atoms with E-state index in [4.69, 9.17) is 0 Å². The maximum absolute atomic E-state index is 1.56. The Morgan fingerprint density at radius 2 is 1.25 bits per heavy atom. The van der Waals surface area contributed by atoms with E-state index in [0.717, 1.165) is 0 Å². The predicted molar refractivity (Wildman–Crippen MR) is 30.1 cm³/mol. The molecule has 0 saturated heterocycles. The molecule has 0 amide bonds. The van der Waals surface area contributed by atoms with Crippen molar-refractivity contribution in [2.75, 3.05) is 0 Å². The van der Waals surface area contributed by atoms with Crippen LogP contribution in [-0.4, -0.2) is 0 Å². The molecule has 2 rings (SSSR count). The predicted octanol–water partition coefficient (Wildman–Crippen LogP) is 2.19. The molecule has 0 N–H and O–H groups in total. The van der Waals surface area contributed by atoms with Crippen LogP contribution in [0.2, 0.25) is 0 Å². The third kappa shape index (κ3) is 1.02. The molecule has 0 aliphatic heterocycles. The van der Waals surface area contributed by atoms with Gasteiger partial charge < -0.3 is 0 Å². The molecule has 2 aliphatic carbocycles. The largest absolute Gasteiger partial charge is 0.0528 e. The van der Waals surface area contributed by atoms with Crippen LogP contribution in [0.25, 0.3) is 0 Å². The average molecular weight is 185 g/mol. The van der Waals surface area contributed by atoms with E-state index in [1.54, 1.807) is 25.7 Å². The van der Waals surface area contributed by atoms with Gasteiger partial charge in [0.2, 0.25) is 0 Å². The van der Waals surface area contributed by atoms with Crippen molar-refractivity contribution < 1.29 is 32.7 Å². The molecular weight excluding hydrogens is 173 g/mol. The Bertz CT molecular complexity index is 70.5. The van der Waals surface area contributed by atoms with Gasteiger partial charge in [0.15, 0.2) is 0 Å². The quantitative estimate of drug-likeness (QED) is 0.542. The van der Waals surface area contributed by atoms with Crippen LogP contribution in [0, 0.1) is 11.8 Å². The fraction of sp³-hybridized carbons (Fsp3) is 1.00. The first-order chi connectivity index (χ1) is 3.47. The average Bonchev–Trinajstić information content (AvgIpc) is 1.85. The molecule has 0 aromatic heterocycles. The summed E-state index contributed by atoms with van der Waals surface area (Å²) in [6.07, 6.45) is 7.78. The summed E-state index contributed by atoms with van der Waals surface area (Å²) >= 11 is 0. The summed E-state index contributed by atoms with van der Waals surface area (Å²) in [6, 6.07) is 0. The van der Waals surface area contributed by atoms with Crippen LogP contribution < -0.4 is 0 Å². The molecule has 0 aromatic carbocycles. The topological polar surface area (TPSA) is 0 Å². The third-order valence-electron chi connectivity index (χ3n) is 2.72. The van der Waals surface area contributed by atoms with Gasteiger partial charge in [-0.25, -0.2) is 0 Å². The van der Waals surface area contributed by atoms with Gasteiger partial charge >= 0.3 is 0 Å². The van der Waals surface area contributed by atoms with Crippen molar-refractivity contribution >= 4 is 0 Å². The van der Waals surface area contributed by atoms with Gasteiger partial charge in [-0.3, -0.25) is 0 Å². The van der Waals surface area contributed by atoms with E-state index in [2.05, 4.69) is 0 Å². The van der Waals surface area contributed by atoms with Crippen LogP contribution >= 0.6 is 0 Å². The summed E-state index contributed by atoms with van der Waals surface area (Å²) in [4.78, 5) is 0. The second-order valence-corrected chi connectivity index (χ2v) is 3.03. The van der Waals surface area contributed by atoms with Crippen molar-refractivity contribution in [3.63, 3.8) is 0 Å². The monoisotopic (exact) mass is 185 g/mol. The van der Waals surface area contributed by atoms with E-state index in [0.29, 0.717) is 0 Å². The van der Waals surface area contributed by atoms with Crippen molar-refractivity contribution in [1.29, 1.82) is 0 Å². The molecule has 0 spiro atoms. The normalized spacial score (nSPS) is 42.0. The number of rotatable bonds is 0. The zero-order valence-corrected chi connectivity index (χ0v) is 8.11. The molecule has 8 heavy (non-hydrogen) atoms. The summed E-state index contributed by atoms with van der Waals surface area (Å²) < 4.78 is 0. The van der Waals surface area contributed by atoms with Crippen LogP contribution in [0.5, 0.6) is 0 Å². The van der Waals surface area contributed by atoms with Gasteiger partial charge in [-0.2, -0.15) is 0 Å². The molecule has 2 atom stereocenters. The molecule has 2 aliphatic rings. The van der Waals surface area contributed by atoms with Gasteiger partial charge in [-0.1, -0.05) is 19.3 Å². The first kappa shape index (κ1) is 7.21. The standard InChI is InChI=1S/C7H12.Y/c1-2-6-4-5-7(6)3-1;/h6-7H,1-5H2;. The second kappa shape index (κ2) is 2.79. The Hall–Kier alpha value is 1.10. The minimum atomic E-state index is 0. The summed E-state index contributed by atoms with van der Waals surface area (Å²) in [6.45, 7) is 0. The van der Waals surface area contributed by atoms with Gasteiger partial charge in [0.1, 0.15) is 0 Å². The first-order valence-electron chi connectivity index (χ1n) is 3.47. The van der Waals surface area contributed by atoms with E-state index in [1.807, 2.05) is 0 Å². The zero-order chi connectivity index (χ0) is 4.69. The van der Waals surface area contributed by atoms with E-state index in [1.165, 1.54) is 18.3 Å². The van der Waals surface area contributed by atoms with E-state index >= 15 is 0 Å². The van der Waals surface area contributed by atoms with Gasteiger partial charge in [-0.15, -0.1) is 0 Å². The second-order valence-electron chi connectivity index (χ2n) is 3.03. The Kier molecular flexibility index (Phi) is 2.52. The maximum Gasteiger partial charge on any atom is 0 e. The summed E-state index contributed by atoms with van der Waals surface area (Å²) in [5.41, 5.74) is 0. The van der Waals surface area contributed by atoms with Crippen molar-refractivity contribution in [3.05, 3.63) is 0 Å². The fourth-order valence-corrected chi connectivity index (χ4v) is 2.04. The molecule has 1 heteroatoms. The summed E-state index contributed by atoms with van der Waals surface area (Å²) in [7, 11) is 0. The molecular formula is C7H12Y. The van der Waals surface area contributed by atoms with E-state index in [9.17, 15) is 0 Å². The van der Waals surface area contributed by atoms with Crippen LogP contribution in [0.4, 0.5) is 0 Å². The number of hydrogen-bond acceptors (Lipinski definition) is 0. The number of hydrogen-bond donors (Lipinski definition) is 0. The maximum atomic E-state index is 1.56. The zero-order valence-electron chi connectivity index (χ0n) is 5.27. The smallest absolute Gasteiger partial charge is 0 e. The Labute approximate surface area is 76.3 Å². The Morgan fingerprint density at radius 3 is 1.50 bits per heavy atom. The number of fused-ring (bicyclic) bond motifs is 1.